The van der Waals surface area contributed by atoms with Gasteiger partial charge in [0.05, 0.1) is 33.0 Å². The highest BCUT2D eigenvalue weighted by Gasteiger charge is 2.33. The van der Waals surface area contributed by atoms with Gasteiger partial charge in [-0.1, -0.05) is 6.58 Å². The zero-order chi connectivity index (χ0) is 16.6. The second-order valence-corrected chi connectivity index (χ2v) is 6.28. The minimum Gasteiger partial charge on any atom is -0.405 e. The van der Waals surface area contributed by atoms with Gasteiger partial charge in [0, 0.05) is 12.5 Å². The summed E-state index contributed by atoms with van der Waals surface area (Å²) in [5, 5.41) is 0. The first-order valence-corrected chi connectivity index (χ1v) is 8.47. The third-order valence-electron chi connectivity index (χ3n) is 2.52. The first kappa shape index (κ1) is 19.3. The number of hydrogen-bond acceptors (Lipinski definition) is 8. The van der Waals surface area contributed by atoms with Crippen LogP contribution in [0, 0.1) is 0 Å². The van der Waals surface area contributed by atoms with E-state index in [0.717, 1.165) is 0 Å². The van der Waals surface area contributed by atoms with E-state index in [2.05, 4.69) is 6.58 Å². The van der Waals surface area contributed by atoms with Crippen LogP contribution in [0.1, 0.15) is 27.2 Å². The van der Waals surface area contributed by atoms with E-state index in [1.54, 1.807) is 6.92 Å². The van der Waals surface area contributed by atoms with Crippen molar-refractivity contribution >= 4 is 13.8 Å². The van der Waals surface area contributed by atoms with Crippen LogP contribution in [0.5, 0.6) is 0 Å². The lowest BCUT2D eigenvalue weighted by atomic mass is 10.4. The summed E-state index contributed by atoms with van der Waals surface area (Å²) in [6, 6.07) is 0. The molecule has 1 heterocycles. The molecule has 8 nitrogen and oxygen atoms in total. The summed E-state index contributed by atoms with van der Waals surface area (Å²) < 4.78 is 42.6. The maximum Gasteiger partial charge on any atom is 0.474 e. The van der Waals surface area contributed by atoms with Crippen molar-refractivity contribution in [2.45, 2.75) is 33.2 Å². The van der Waals surface area contributed by atoms with Crippen LogP contribution >= 0.6 is 7.82 Å². The minimum absolute atomic E-state index is 0.0311. The Bertz CT molecular complexity index is 428. The van der Waals surface area contributed by atoms with E-state index < -0.39 is 19.8 Å². The number of ether oxygens (including phenoxy) is 3. The summed E-state index contributed by atoms with van der Waals surface area (Å²) >= 11 is 0. The van der Waals surface area contributed by atoms with E-state index in [4.69, 9.17) is 27.8 Å². The lowest BCUT2D eigenvalue weighted by molar-refractivity contribution is -0.350. The number of rotatable bonds is 9. The largest absolute Gasteiger partial charge is 0.474 e. The monoisotopic (exact) mass is 338 g/mol. The summed E-state index contributed by atoms with van der Waals surface area (Å²) in [7, 11) is -3.50. The number of esters is 1. The van der Waals surface area contributed by atoms with Crippen LogP contribution in [-0.4, -0.2) is 45.0 Å². The third-order valence-corrected chi connectivity index (χ3v) is 4.01. The van der Waals surface area contributed by atoms with Gasteiger partial charge in [-0.3, -0.25) is 13.6 Å². The first-order valence-electron chi connectivity index (χ1n) is 7.00. The van der Waals surface area contributed by atoms with Crippen molar-refractivity contribution in [3.05, 3.63) is 12.2 Å². The second kappa shape index (κ2) is 8.76. The highest BCUT2D eigenvalue weighted by molar-refractivity contribution is 7.48. The predicted octanol–water partition coefficient (Wildman–Crippen LogP) is 2.39. The number of hydrogen-bond donors (Lipinski definition) is 0. The molecule has 128 valence electrons. The maximum atomic E-state index is 11.9. The van der Waals surface area contributed by atoms with Crippen LogP contribution in [0.4, 0.5) is 0 Å². The van der Waals surface area contributed by atoms with Crippen molar-refractivity contribution in [2.24, 2.45) is 0 Å². The maximum absolute atomic E-state index is 11.9. The fourth-order valence-corrected chi connectivity index (χ4v) is 2.75. The Kier molecular flexibility index (Phi) is 7.68. The Hall–Kier alpha value is -0.760. The van der Waals surface area contributed by atoms with Crippen molar-refractivity contribution < 1.29 is 37.1 Å². The van der Waals surface area contributed by atoms with Crippen molar-refractivity contribution in [1.82, 2.24) is 0 Å². The van der Waals surface area contributed by atoms with E-state index in [0.29, 0.717) is 19.6 Å². The van der Waals surface area contributed by atoms with Gasteiger partial charge in [0.15, 0.2) is 0 Å². The topological polar surface area (TPSA) is 89.5 Å². The lowest BCUT2D eigenvalue weighted by Gasteiger charge is -2.29. The average Bonchev–Trinajstić information content (AvgIpc) is 2.44. The van der Waals surface area contributed by atoms with Gasteiger partial charge in [-0.15, -0.1) is 0 Å². The Balaban J connectivity index is 2.41. The molecule has 0 saturated carbocycles. The first-order chi connectivity index (χ1) is 10.3. The quantitative estimate of drug-likeness (QED) is 0.208. The summed E-state index contributed by atoms with van der Waals surface area (Å²) in [4.78, 5) is 11.6. The van der Waals surface area contributed by atoms with E-state index in [1.165, 1.54) is 13.8 Å². The molecular weight excluding hydrogens is 315 g/mol. The van der Waals surface area contributed by atoms with Crippen molar-refractivity contribution in [3.8, 4) is 0 Å². The molecular formula is C13H23O8P. The number of phosphoric ester groups is 1. The number of carbonyl (C=O) groups excluding carboxylic acids is 1. The van der Waals surface area contributed by atoms with Crippen LogP contribution in [0.2, 0.25) is 0 Å². The number of phosphoric acid groups is 1. The molecule has 0 radical (unpaired) electrons. The molecule has 0 amide bonds. The fraction of sp³-hybridized carbons (Fsp3) is 0.769. The van der Waals surface area contributed by atoms with Gasteiger partial charge in [0.2, 0.25) is 0 Å². The molecule has 1 aliphatic rings. The molecule has 0 aromatic rings. The number of carbonyl (C=O) groups is 1. The van der Waals surface area contributed by atoms with Gasteiger partial charge in [-0.25, -0.2) is 9.36 Å². The molecule has 1 rings (SSSR count). The lowest BCUT2D eigenvalue weighted by Crippen LogP contribution is -2.39. The van der Waals surface area contributed by atoms with Crippen molar-refractivity contribution in [3.63, 3.8) is 0 Å². The Morgan fingerprint density at radius 3 is 2.45 bits per heavy atom. The molecule has 0 spiro atoms. The molecule has 1 saturated heterocycles. The molecule has 22 heavy (non-hydrogen) atoms. The molecule has 0 aromatic carbocycles. The van der Waals surface area contributed by atoms with Gasteiger partial charge in [-0.05, 0) is 20.3 Å². The molecule has 0 bridgehead atoms. The summed E-state index contributed by atoms with van der Waals surface area (Å²) in [5.74, 6) is -2.21. The minimum atomic E-state index is -3.50. The molecule has 1 fully saturated rings. The van der Waals surface area contributed by atoms with Gasteiger partial charge in [-0.2, -0.15) is 0 Å². The van der Waals surface area contributed by atoms with Gasteiger partial charge in [0.1, 0.15) is 0 Å². The SMILES string of the molecule is C=C(C)C(=O)OC(C)(OCC)OCCOP1(=O)OCCCO1. The average molecular weight is 338 g/mol. The van der Waals surface area contributed by atoms with Crippen LogP contribution in [0.15, 0.2) is 12.2 Å². The molecule has 0 N–H and O–H groups in total. The zero-order valence-corrected chi connectivity index (χ0v) is 14.1. The highest BCUT2D eigenvalue weighted by Crippen LogP contribution is 2.51. The zero-order valence-electron chi connectivity index (χ0n) is 13.2. The van der Waals surface area contributed by atoms with Crippen LogP contribution in [-0.2, 0) is 37.1 Å². The van der Waals surface area contributed by atoms with Crippen LogP contribution in [0.3, 0.4) is 0 Å². The van der Waals surface area contributed by atoms with Crippen molar-refractivity contribution in [2.75, 3.05) is 33.0 Å². The van der Waals surface area contributed by atoms with Crippen LogP contribution < -0.4 is 0 Å². The highest BCUT2D eigenvalue weighted by atomic mass is 31.2. The smallest absolute Gasteiger partial charge is 0.405 e. The third kappa shape index (κ3) is 6.56. The summed E-state index contributed by atoms with van der Waals surface area (Å²) in [6.45, 7) is 9.01. The normalized spacial score (nSPS) is 20.1. The Morgan fingerprint density at radius 1 is 1.27 bits per heavy atom. The fourth-order valence-electron chi connectivity index (χ4n) is 1.52. The van der Waals surface area contributed by atoms with Crippen LogP contribution in [0.25, 0.3) is 0 Å². The van der Waals surface area contributed by atoms with E-state index in [-0.39, 0.29) is 25.4 Å². The summed E-state index contributed by atoms with van der Waals surface area (Å²) in [6.07, 6.45) is 0.670. The van der Waals surface area contributed by atoms with E-state index in [9.17, 15) is 9.36 Å². The van der Waals surface area contributed by atoms with Gasteiger partial charge >= 0.3 is 19.8 Å². The predicted molar refractivity (Wildman–Crippen MR) is 77.0 cm³/mol. The molecule has 1 unspecified atom stereocenters. The molecule has 1 atom stereocenters. The van der Waals surface area contributed by atoms with Gasteiger partial charge < -0.3 is 14.2 Å². The van der Waals surface area contributed by atoms with E-state index >= 15 is 0 Å². The summed E-state index contributed by atoms with van der Waals surface area (Å²) in [5.41, 5.74) is 0.222. The Morgan fingerprint density at radius 2 is 1.91 bits per heavy atom. The molecule has 1 aliphatic heterocycles. The van der Waals surface area contributed by atoms with Crippen molar-refractivity contribution in [1.29, 1.82) is 0 Å². The van der Waals surface area contributed by atoms with Gasteiger partial charge in [0.25, 0.3) is 0 Å². The molecule has 9 heteroatoms. The second-order valence-electron chi connectivity index (χ2n) is 4.61. The Labute approximate surface area is 130 Å². The molecule has 0 aromatic heterocycles. The molecule has 0 aliphatic carbocycles. The standard InChI is InChI=1S/C13H23O8P/c1-5-16-13(4,21-12(14)11(2)3)17-9-10-20-22(15)18-7-6-8-19-22/h2,5-10H2,1,3-4H3. The van der Waals surface area contributed by atoms with E-state index in [1.807, 2.05) is 0 Å².